The van der Waals surface area contributed by atoms with E-state index in [1.54, 1.807) is 0 Å². The predicted molar refractivity (Wildman–Crippen MR) is 81.9 cm³/mol. The molecule has 2 atom stereocenters. The highest BCUT2D eigenvalue weighted by atomic mass is 35.5. The Kier molecular flexibility index (Phi) is 4.08. The first-order chi connectivity index (χ1) is 9.74. The zero-order valence-electron chi connectivity index (χ0n) is 11.7. The van der Waals surface area contributed by atoms with Gasteiger partial charge in [0.2, 0.25) is 0 Å². The number of nitrogens with zero attached hydrogens (tertiary/aromatic N) is 2. The average molecular weight is 290 g/mol. The molecule has 1 aliphatic carbocycles. The van der Waals surface area contributed by atoms with E-state index in [-0.39, 0.29) is 0 Å². The van der Waals surface area contributed by atoms with Gasteiger partial charge in [-0.25, -0.2) is 4.98 Å². The number of imidazole rings is 1. The summed E-state index contributed by atoms with van der Waals surface area (Å²) < 4.78 is 2.23. The van der Waals surface area contributed by atoms with Crippen molar-refractivity contribution in [1.29, 1.82) is 0 Å². The highest BCUT2D eigenvalue weighted by Crippen LogP contribution is 2.30. The van der Waals surface area contributed by atoms with E-state index in [2.05, 4.69) is 39.3 Å². The zero-order chi connectivity index (χ0) is 13.9. The van der Waals surface area contributed by atoms with Crippen LogP contribution in [0.2, 0.25) is 5.02 Å². The minimum Gasteiger partial charge on any atom is -0.333 e. The molecule has 1 aromatic heterocycles. The van der Waals surface area contributed by atoms with Crippen LogP contribution in [0.25, 0.3) is 0 Å². The maximum Gasteiger partial charge on any atom is 0.0949 e. The lowest BCUT2D eigenvalue weighted by atomic mass is 10.1. The van der Waals surface area contributed by atoms with Crippen LogP contribution in [0.1, 0.15) is 36.4 Å². The highest BCUT2D eigenvalue weighted by Gasteiger charge is 2.27. The Morgan fingerprint density at radius 3 is 3.05 bits per heavy atom. The second-order valence-electron chi connectivity index (χ2n) is 5.58. The number of rotatable bonds is 4. The third-order valence-corrected chi connectivity index (χ3v) is 4.60. The van der Waals surface area contributed by atoms with Crippen LogP contribution in [0.4, 0.5) is 0 Å². The minimum absolute atomic E-state index is 0.518. The van der Waals surface area contributed by atoms with E-state index in [1.807, 2.05) is 19.4 Å². The van der Waals surface area contributed by atoms with Crippen LogP contribution < -0.4 is 5.32 Å². The van der Waals surface area contributed by atoms with Crippen molar-refractivity contribution in [2.45, 2.75) is 44.8 Å². The van der Waals surface area contributed by atoms with E-state index in [9.17, 15) is 0 Å². The van der Waals surface area contributed by atoms with E-state index in [0.717, 1.165) is 17.1 Å². The quantitative estimate of drug-likeness (QED) is 0.929. The van der Waals surface area contributed by atoms with Gasteiger partial charge < -0.3 is 9.88 Å². The van der Waals surface area contributed by atoms with E-state index in [1.165, 1.54) is 24.8 Å². The van der Waals surface area contributed by atoms with Crippen LogP contribution in [0, 0.1) is 6.92 Å². The van der Waals surface area contributed by atoms with Gasteiger partial charge in [-0.3, -0.25) is 0 Å². The van der Waals surface area contributed by atoms with Gasteiger partial charge in [0.15, 0.2) is 0 Å². The van der Waals surface area contributed by atoms with Gasteiger partial charge in [0.05, 0.1) is 6.33 Å². The molecule has 0 bridgehead atoms. The van der Waals surface area contributed by atoms with Gasteiger partial charge in [-0.05, 0) is 43.4 Å². The first kappa shape index (κ1) is 13.7. The van der Waals surface area contributed by atoms with Crippen LogP contribution >= 0.6 is 11.6 Å². The largest absolute Gasteiger partial charge is 0.333 e. The van der Waals surface area contributed by atoms with Crippen molar-refractivity contribution >= 4 is 11.6 Å². The summed E-state index contributed by atoms with van der Waals surface area (Å²) in [5.41, 5.74) is 2.38. The van der Waals surface area contributed by atoms with Gasteiger partial charge in [0.1, 0.15) is 0 Å². The standard InChI is InChI=1S/C16H20ClN3/c1-12-5-6-13(9-14(12)17)10-19-15-3-2-4-16(15)20-8-7-18-11-20/h5-9,11,15-16,19H,2-4,10H2,1H3. The minimum atomic E-state index is 0.518. The average Bonchev–Trinajstić information content (AvgIpc) is 3.09. The fourth-order valence-electron chi connectivity index (χ4n) is 3.00. The van der Waals surface area contributed by atoms with Crippen LogP contribution in [0.15, 0.2) is 36.9 Å². The molecule has 0 saturated heterocycles. The van der Waals surface area contributed by atoms with E-state index >= 15 is 0 Å². The molecule has 1 aliphatic rings. The highest BCUT2D eigenvalue weighted by molar-refractivity contribution is 6.31. The monoisotopic (exact) mass is 289 g/mol. The van der Waals surface area contributed by atoms with Crippen LogP contribution in [0.5, 0.6) is 0 Å². The maximum absolute atomic E-state index is 6.18. The molecular weight excluding hydrogens is 270 g/mol. The molecule has 1 N–H and O–H groups in total. The Hall–Kier alpha value is -1.32. The number of aromatic nitrogens is 2. The first-order valence-electron chi connectivity index (χ1n) is 7.20. The van der Waals surface area contributed by atoms with Crippen LogP contribution in [0.3, 0.4) is 0 Å². The number of benzene rings is 1. The smallest absolute Gasteiger partial charge is 0.0949 e. The summed E-state index contributed by atoms with van der Waals surface area (Å²) in [4.78, 5) is 4.16. The van der Waals surface area contributed by atoms with Crippen molar-refractivity contribution in [3.63, 3.8) is 0 Å². The summed E-state index contributed by atoms with van der Waals surface area (Å²) >= 11 is 6.18. The number of halogens is 1. The maximum atomic E-state index is 6.18. The van der Waals surface area contributed by atoms with Gasteiger partial charge >= 0.3 is 0 Å². The molecule has 4 heteroatoms. The van der Waals surface area contributed by atoms with Gasteiger partial charge in [-0.1, -0.05) is 23.7 Å². The Labute approximate surface area is 125 Å². The van der Waals surface area contributed by atoms with Gasteiger partial charge in [-0.15, -0.1) is 0 Å². The summed E-state index contributed by atoms with van der Waals surface area (Å²) in [7, 11) is 0. The second kappa shape index (κ2) is 5.98. The topological polar surface area (TPSA) is 29.9 Å². The lowest BCUT2D eigenvalue weighted by Crippen LogP contribution is -2.33. The lowest BCUT2D eigenvalue weighted by molar-refractivity contribution is 0.390. The van der Waals surface area contributed by atoms with Crippen molar-refractivity contribution < 1.29 is 0 Å². The lowest BCUT2D eigenvalue weighted by Gasteiger charge is -2.22. The van der Waals surface area contributed by atoms with Crippen molar-refractivity contribution in [2.24, 2.45) is 0 Å². The summed E-state index contributed by atoms with van der Waals surface area (Å²) in [6, 6.07) is 7.34. The molecule has 0 spiro atoms. The Morgan fingerprint density at radius 2 is 2.30 bits per heavy atom. The Balaban J connectivity index is 1.64. The molecule has 0 aliphatic heterocycles. The van der Waals surface area contributed by atoms with Gasteiger partial charge in [0, 0.05) is 36.0 Å². The Morgan fingerprint density at radius 1 is 1.40 bits per heavy atom. The molecule has 2 unspecified atom stereocenters. The predicted octanol–water partition coefficient (Wildman–Crippen LogP) is 3.73. The molecule has 1 fully saturated rings. The molecule has 0 amide bonds. The summed E-state index contributed by atoms with van der Waals surface area (Å²) in [5, 5.41) is 4.52. The van der Waals surface area contributed by atoms with Gasteiger partial charge in [0.25, 0.3) is 0 Å². The SMILES string of the molecule is Cc1ccc(CNC2CCCC2n2ccnc2)cc1Cl. The molecule has 1 heterocycles. The molecule has 2 aromatic rings. The first-order valence-corrected chi connectivity index (χ1v) is 7.57. The zero-order valence-corrected chi connectivity index (χ0v) is 12.5. The molecule has 3 nitrogen and oxygen atoms in total. The van der Waals surface area contributed by atoms with Crippen LogP contribution in [-0.4, -0.2) is 15.6 Å². The molecular formula is C16H20ClN3. The summed E-state index contributed by atoms with van der Waals surface area (Å²) in [6.45, 7) is 2.90. The molecule has 3 rings (SSSR count). The number of nitrogens with one attached hydrogen (secondary N) is 1. The third-order valence-electron chi connectivity index (χ3n) is 4.19. The molecule has 0 radical (unpaired) electrons. The fraction of sp³-hybridized carbons (Fsp3) is 0.438. The number of hydrogen-bond acceptors (Lipinski definition) is 2. The van der Waals surface area contributed by atoms with E-state index in [0.29, 0.717) is 12.1 Å². The van der Waals surface area contributed by atoms with Crippen molar-refractivity contribution in [3.8, 4) is 0 Å². The van der Waals surface area contributed by atoms with Gasteiger partial charge in [-0.2, -0.15) is 0 Å². The van der Waals surface area contributed by atoms with E-state index in [4.69, 9.17) is 11.6 Å². The third kappa shape index (κ3) is 2.89. The number of aryl methyl sites for hydroxylation is 1. The molecule has 1 saturated carbocycles. The molecule has 20 heavy (non-hydrogen) atoms. The second-order valence-corrected chi connectivity index (χ2v) is 5.99. The van der Waals surface area contributed by atoms with Crippen molar-refractivity contribution in [2.75, 3.05) is 0 Å². The summed E-state index contributed by atoms with van der Waals surface area (Å²) in [5.74, 6) is 0. The number of hydrogen-bond donors (Lipinski definition) is 1. The summed E-state index contributed by atoms with van der Waals surface area (Å²) in [6.07, 6.45) is 9.57. The normalized spacial score (nSPS) is 22.3. The van der Waals surface area contributed by atoms with Crippen molar-refractivity contribution in [3.05, 3.63) is 53.1 Å². The Bertz CT molecular complexity index is 565. The van der Waals surface area contributed by atoms with E-state index < -0.39 is 0 Å². The molecule has 106 valence electrons. The fourth-order valence-corrected chi connectivity index (χ4v) is 3.20. The van der Waals surface area contributed by atoms with Crippen molar-refractivity contribution in [1.82, 2.24) is 14.9 Å². The molecule has 1 aromatic carbocycles. The van der Waals surface area contributed by atoms with Crippen LogP contribution in [-0.2, 0) is 6.54 Å².